The Hall–Kier alpha value is -2.42. The number of hydrogen-bond acceptors (Lipinski definition) is 7. The van der Waals surface area contributed by atoms with Crippen molar-refractivity contribution >= 4 is 15.7 Å². The molecule has 8 nitrogen and oxygen atoms in total. The van der Waals surface area contributed by atoms with E-state index in [0.717, 1.165) is 32.1 Å². The Morgan fingerprint density at radius 1 is 1.23 bits per heavy atom. The fourth-order valence-electron chi connectivity index (χ4n) is 3.02. The summed E-state index contributed by atoms with van der Waals surface area (Å²) in [4.78, 5) is 12.1. The van der Waals surface area contributed by atoms with Gasteiger partial charge in [0.05, 0.1) is 12.7 Å². The Morgan fingerprint density at radius 2 is 1.96 bits per heavy atom. The Kier molecular flexibility index (Phi) is 5.55. The fourth-order valence-corrected chi connectivity index (χ4v) is 3.94. The van der Waals surface area contributed by atoms with Gasteiger partial charge in [0.25, 0.3) is 5.89 Å². The number of rotatable bonds is 6. The molecule has 0 spiro atoms. The van der Waals surface area contributed by atoms with Crippen LogP contribution in [-0.2, 0) is 14.6 Å². The van der Waals surface area contributed by atoms with Crippen LogP contribution in [0, 0.1) is 0 Å². The van der Waals surface area contributed by atoms with Gasteiger partial charge in [0.1, 0.15) is 11.5 Å². The van der Waals surface area contributed by atoms with E-state index in [-0.39, 0.29) is 11.9 Å². The second kappa shape index (κ2) is 7.86. The van der Waals surface area contributed by atoms with Crippen molar-refractivity contribution in [2.75, 3.05) is 12.9 Å². The van der Waals surface area contributed by atoms with Crippen molar-refractivity contribution in [3.63, 3.8) is 0 Å². The second-order valence-electron chi connectivity index (χ2n) is 6.23. The SMILES string of the molecule is COc1ccccc1-c1nnc(S(=O)(=O)CC(=O)NC2CCCCC2)o1. The molecule has 1 aliphatic rings. The van der Waals surface area contributed by atoms with E-state index < -0.39 is 26.7 Å². The van der Waals surface area contributed by atoms with Crippen LogP contribution in [0.1, 0.15) is 32.1 Å². The maximum Gasteiger partial charge on any atom is 0.336 e. The van der Waals surface area contributed by atoms with Gasteiger partial charge in [-0.1, -0.05) is 36.5 Å². The van der Waals surface area contributed by atoms with Gasteiger partial charge >= 0.3 is 5.22 Å². The molecule has 1 heterocycles. The number of nitrogens with zero attached hydrogens (tertiary/aromatic N) is 2. The van der Waals surface area contributed by atoms with Crippen molar-refractivity contribution in [1.29, 1.82) is 0 Å². The molecule has 1 amide bonds. The van der Waals surface area contributed by atoms with E-state index in [1.807, 2.05) is 0 Å². The van der Waals surface area contributed by atoms with E-state index >= 15 is 0 Å². The predicted molar refractivity (Wildman–Crippen MR) is 93.4 cm³/mol. The van der Waals surface area contributed by atoms with Gasteiger partial charge < -0.3 is 14.5 Å². The van der Waals surface area contributed by atoms with Crippen LogP contribution in [0.3, 0.4) is 0 Å². The van der Waals surface area contributed by atoms with E-state index in [9.17, 15) is 13.2 Å². The third-order valence-electron chi connectivity index (χ3n) is 4.30. The third-order valence-corrected chi connectivity index (χ3v) is 5.64. The predicted octanol–water partition coefficient (Wildman–Crippen LogP) is 1.97. The molecule has 0 bridgehead atoms. The summed E-state index contributed by atoms with van der Waals surface area (Å²) >= 11 is 0. The van der Waals surface area contributed by atoms with Crippen molar-refractivity contribution in [2.24, 2.45) is 0 Å². The Morgan fingerprint density at radius 3 is 2.69 bits per heavy atom. The molecular formula is C17H21N3O5S. The largest absolute Gasteiger partial charge is 0.496 e. The summed E-state index contributed by atoms with van der Waals surface area (Å²) in [5.74, 6) is -0.755. The highest BCUT2D eigenvalue weighted by molar-refractivity contribution is 7.91. The van der Waals surface area contributed by atoms with Crippen molar-refractivity contribution < 1.29 is 22.4 Å². The molecule has 1 N–H and O–H groups in total. The maximum atomic E-state index is 12.4. The highest BCUT2D eigenvalue weighted by atomic mass is 32.2. The molecule has 0 aliphatic heterocycles. The molecule has 1 aromatic heterocycles. The molecule has 9 heteroatoms. The molecule has 1 fully saturated rings. The normalized spacial score (nSPS) is 15.6. The third kappa shape index (κ3) is 4.21. The van der Waals surface area contributed by atoms with Gasteiger partial charge in [-0.05, 0) is 25.0 Å². The Labute approximate surface area is 151 Å². The van der Waals surface area contributed by atoms with Crippen LogP contribution in [0.5, 0.6) is 5.75 Å². The number of ether oxygens (including phenoxy) is 1. The number of sulfone groups is 1. The van der Waals surface area contributed by atoms with Gasteiger partial charge in [-0.15, -0.1) is 5.10 Å². The van der Waals surface area contributed by atoms with Crippen molar-refractivity contribution in [1.82, 2.24) is 15.5 Å². The molecule has 1 aromatic carbocycles. The minimum absolute atomic E-state index is 0.0220. The highest BCUT2D eigenvalue weighted by Crippen LogP contribution is 2.29. The molecule has 1 aliphatic carbocycles. The summed E-state index contributed by atoms with van der Waals surface area (Å²) in [5.41, 5.74) is 0.482. The van der Waals surface area contributed by atoms with E-state index in [0.29, 0.717) is 11.3 Å². The van der Waals surface area contributed by atoms with Crippen molar-refractivity contribution in [3.05, 3.63) is 24.3 Å². The van der Waals surface area contributed by atoms with Crippen LogP contribution in [-0.4, -0.2) is 43.4 Å². The Balaban J connectivity index is 1.72. The number of carbonyl (C=O) groups is 1. The zero-order valence-corrected chi connectivity index (χ0v) is 15.3. The average Bonchev–Trinajstić information content (AvgIpc) is 3.13. The lowest BCUT2D eigenvalue weighted by Crippen LogP contribution is -2.39. The second-order valence-corrected chi connectivity index (χ2v) is 8.10. The van der Waals surface area contributed by atoms with E-state index in [1.165, 1.54) is 7.11 Å². The molecule has 0 saturated heterocycles. The summed E-state index contributed by atoms with van der Waals surface area (Å²) in [7, 11) is -2.52. The first-order valence-corrected chi connectivity index (χ1v) is 10.1. The molecule has 26 heavy (non-hydrogen) atoms. The lowest BCUT2D eigenvalue weighted by molar-refractivity contribution is -0.119. The number of carbonyl (C=O) groups excluding carboxylic acids is 1. The molecule has 140 valence electrons. The Bertz CT molecular complexity index is 872. The quantitative estimate of drug-likeness (QED) is 0.816. The minimum atomic E-state index is -4.01. The molecule has 1 saturated carbocycles. The summed E-state index contributed by atoms with van der Waals surface area (Å²) in [5, 5.41) is 9.58. The number of aromatic nitrogens is 2. The number of benzene rings is 1. The van der Waals surface area contributed by atoms with E-state index in [1.54, 1.807) is 24.3 Å². The van der Waals surface area contributed by atoms with E-state index in [4.69, 9.17) is 9.15 Å². The molecule has 2 aromatic rings. The lowest BCUT2D eigenvalue weighted by atomic mass is 9.95. The number of hydrogen-bond donors (Lipinski definition) is 1. The van der Waals surface area contributed by atoms with Crippen molar-refractivity contribution in [3.8, 4) is 17.2 Å². The van der Waals surface area contributed by atoms with E-state index in [2.05, 4.69) is 15.5 Å². The summed E-state index contributed by atoms with van der Waals surface area (Å²) in [6.07, 6.45) is 5.00. The summed E-state index contributed by atoms with van der Waals surface area (Å²) in [6.45, 7) is 0. The number of amides is 1. The first-order valence-electron chi connectivity index (χ1n) is 8.48. The van der Waals surface area contributed by atoms with Crippen LogP contribution in [0.25, 0.3) is 11.5 Å². The van der Waals surface area contributed by atoms with Crippen LogP contribution < -0.4 is 10.1 Å². The van der Waals surface area contributed by atoms with Gasteiger partial charge in [0.2, 0.25) is 15.7 Å². The van der Waals surface area contributed by atoms with Crippen LogP contribution in [0.2, 0.25) is 0 Å². The number of nitrogens with one attached hydrogen (secondary N) is 1. The monoisotopic (exact) mass is 379 g/mol. The molecule has 3 rings (SSSR count). The minimum Gasteiger partial charge on any atom is -0.496 e. The zero-order valence-electron chi connectivity index (χ0n) is 14.5. The van der Waals surface area contributed by atoms with Gasteiger partial charge in [0, 0.05) is 6.04 Å². The average molecular weight is 379 g/mol. The van der Waals surface area contributed by atoms with Gasteiger partial charge in [0.15, 0.2) is 0 Å². The topological polar surface area (TPSA) is 111 Å². The lowest BCUT2D eigenvalue weighted by Gasteiger charge is -2.22. The van der Waals surface area contributed by atoms with Crippen LogP contribution in [0.15, 0.2) is 33.9 Å². The number of methoxy groups -OCH3 is 1. The van der Waals surface area contributed by atoms with Crippen LogP contribution >= 0.6 is 0 Å². The van der Waals surface area contributed by atoms with Gasteiger partial charge in [-0.25, -0.2) is 8.42 Å². The van der Waals surface area contributed by atoms with Crippen LogP contribution in [0.4, 0.5) is 0 Å². The first kappa shape index (κ1) is 18.4. The fraction of sp³-hybridized carbons (Fsp3) is 0.471. The highest BCUT2D eigenvalue weighted by Gasteiger charge is 2.28. The standard InChI is InChI=1S/C17H21N3O5S/c1-24-14-10-6-5-9-13(14)16-19-20-17(25-16)26(22,23)11-15(21)18-12-7-3-2-4-8-12/h5-6,9-10,12H,2-4,7-8,11H2,1H3,(H,18,21). The molecule has 0 unspecified atom stereocenters. The first-order chi connectivity index (χ1) is 12.5. The molecular weight excluding hydrogens is 358 g/mol. The van der Waals surface area contributed by atoms with Gasteiger partial charge in [-0.2, -0.15) is 0 Å². The number of para-hydroxylation sites is 1. The smallest absolute Gasteiger partial charge is 0.336 e. The summed E-state index contributed by atoms with van der Waals surface area (Å²) < 4.78 is 35.3. The molecule has 0 atom stereocenters. The van der Waals surface area contributed by atoms with Gasteiger partial charge in [-0.3, -0.25) is 4.79 Å². The maximum absolute atomic E-state index is 12.4. The summed E-state index contributed by atoms with van der Waals surface area (Å²) in [6, 6.07) is 6.93. The molecule has 0 radical (unpaired) electrons. The van der Waals surface area contributed by atoms with Crippen molar-refractivity contribution in [2.45, 2.75) is 43.4 Å². The zero-order chi connectivity index (χ0) is 18.6.